The number of benzene rings is 2. The number of hydrogen-bond acceptors (Lipinski definition) is 5. The number of halogens is 1. The van der Waals surface area contributed by atoms with Crippen molar-refractivity contribution in [3.8, 4) is 17.2 Å². The van der Waals surface area contributed by atoms with Crippen LogP contribution in [0.4, 0.5) is 11.4 Å². The number of amides is 2. The summed E-state index contributed by atoms with van der Waals surface area (Å²) >= 11 is 6.12. The van der Waals surface area contributed by atoms with E-state index in [2.05, 4.69) is 10.6 Å². The van der Waals surface area contributed by atoms with E-state index >= 15 is 0 Å². The van der Waals surface area contributed by atoms with E-state index in [1.807, 2.05) is 0 Å². The van der Waals surface area contributed by atoms with Crippen molar-refractivity contribution in [2.75, 3.05) is 32.0 Å². The molecule has 27 heavy (non-hydrogen) atoms. The summed E-state index contributed by atoms with van der Waals surface area (Å²) in [5.74, 6) is 0.943. The lowest BCUT2D eigenvalue weighted by molar-refractivity contribution is -0.116. The number of hydrogen-bond donors (Lipinski definition) is 2. The summed E-state index contributed by atoms with van der Waals surface area (Å²) in [6.45, 7) is 1.39. The quantitative estimate of drug-likeness (QED) is 0.753. The molecule has 0 heterocycles. The van der Waals surface area contributed by atoms with Crippen LogP contribution in [0.2, 0.25) is 5.02 Å². The van der Waals surface area contributed by atoms with Gasteiger partial charge in [0.25, 0.3) is 0 Å². The first-order chi connectivity index (χ1) is 12.9. The number of rotatable bonds is 7. The third kappa shape index (κ3) is 5.27. The van der Waals surface area contributed by atoms with Crippen molar-refractivity contribution in [1.82, 2.24) is 0 Å². The number of ether oxygens (including phenoxy) is 3. The molecule has 0 fully saturated rings. The monoisotopic (exact) mass is 392 g/mol. The minimum absolute atomic E-state index is 0.0990. The van der Waals surface area contributed by atoms with Gasteiger partial charge in [-0.3, -0.25) is 9.59 Å². The molecular weight excluding hydrogens is 372 g/mol. The van der Waals surface area contributed by atoms with E-state index < -0.39 is 0 Å². The fourth-order valence-corrected chi connectivity index (χ4v) is 2.74. The summed E-state index contributed by atoms with van der Waals surface area (Å²) in [5.41, 5.74) is 1.70. The van der Waals surface area contributed by atoms with E-state index in [1.54, 1.807) is 30.3 Å². The minimum Gasteiger partial charge on any atom is -0.493 e. The molecule has 2 N–H and O–H groups in total. The van der Waals surface area contributed by atoms with Gasteiger partial charge in [0.15, 0.2) is 11.5 Å². The Morgan fingerprint density at radius 1 is 0.963 bits per heavy atom. The van der Waals surface area contributed by atoms with Crippen LogP contribution in [-0.4, -0.2) is 33.1 Å². The van der Waals surface area contributed by atoms with Crippen molar-refractivity contribution in [1.29, 1.82) is 0 Å². The molecule has 0 aliphatic rings. The third-order valence-corrected chi connectivity index (χ3v) is 3.97. The number of nitrogens with one attached hydrogen (secondary N) is 2. The lowest BCUT2D eigenvalue weighted by Crippen LogP contribution is -2.15. The maximum absolute atomic E-state index is 12.4. The minimum atomic E-state index is -0.243. The number of carbonyl (C=O) groups excluding carboxylic acids is 2. The third-order valence-electron chi connectivity index (χ3n) is 3.65. The Kier molecular flexibility index (Phi) is 6.90. The maximum Gasteiger partial charge on any atom is 0.228 e. The SMILES string of the molecule is COc1cc(CC(=O)Nc2ccc(NC(C)=O)c(Cl)c2)cc(OC)c1OC. The van der Waals surface area contributed by atoms with Crippen LogP contribution < -0.4 is 24.8 Å². The van der Waals surface area contributed by atoms with Crippen LogP contribution in [0, 0.1) is 0 Å². The highest BCUT2D eigenvalue weighted by Crippen LogP contribution is 2.38. The molecule has 0 aliphatic heterocycles. The van der Waals surface area contributed by atoms with Gasteiger partial charge in [-0.15, -0.1) is 0 Å². The second-order valence-electron chi connectivity index (χ2n) is 5.63. The van der Waals surface area contributed by atoms with E-state index in [4.69, 9.17) is 25.8 Å². The zero-order chi connectivity index (χ0) is 20.0. The number of anilines is 2. The second kappa shape index (κ2) is 9.14. The Hall–Kier alpha value is -2.93. The van der Waals surface area contributed by atoms with Crippen LogP contribution >= 0.6 is 11.6 Å². The van der Waals surface area contributed by atoms with Crippen molar-refractivity contribution >= 4 is 34.8 Å². The first kappa shape index (κ1) is 20.4. The summed E-state index contributed by atoms with van der Waals surface area (Å²) in [4.78, 5) is 23.5. The van der Waals surface area contributed by atoms with Gasteiger partial charge in [0, 0.05) is 12.6 Å². The molecule has 7 nitrogen and oxygen atoms in total. The van der Waals surface area contributed by atoms with Gasteiger partial charge in [0.05, 0.1) is 38.5 Å². The molecule has 0 saturated heterocycles. The summed E-state index contributed by atoms with van der Waals surface area (Å²) in [7, 11) is 4.54. The Morgan fingerprint density at radius 2 is 1.59 bits per heavy atom. The van der Waals surface area contributed by atoms with Gasteiger partial charge in [0.2, 0.25) is 17.6 Å². The standard InChI is InChI=1S/C19H21ClN2O5/c1-11(23)21-15-6-5-13(10-14(15)20)22-18(24)9-12-7-16(25-2)19(27-4)17(8-12)26-3/h5-8,10H,9H2,1-4H3,(H,21,23)(H,22,24). The van der Waals surface area contributed by atoms with E-state index in [9.17, 15) is 9.59 Å². The lowest BCUT2D eigenvalue weighted by atomic mass is 10.1. The van der Waals surface area contributed by atoms with Crippen LogP contribution in [0.3, 0.4) is 0 Å². The van der Waals surface area contributed by atoms with E-state index in [1.165, 1.54) is 28.3 Å². The molecule has 0 unspecified atom stereocenters. The predicted octanol–water partition coefficient (Wildman–Crippen LogP) is 3.51. The number of methoxy groups -OCH3 is 3. The van der Waals surface area contributed by atoms with Crippen LogP contribution in [0.15, 0.2) is 30.3 Å². The van der Waals surface area contributed by atoms with Gasteiger partial charge in [-0.05, 0) is 35.9 Å². The average molecular weight is 393 g/mol. The molecule has 144 valence electrons. The Morgan fingerprint density at radius 3 is 2.07 bits per heavy atom. The molecule has 0 radical (unpaired) electrons. The summed E-state index contributed by atoms with van der Waals surface area (Å²) < 4.78 is 15.9. The van der Waals surface area contributed by atoms with Crippen molar-refractivity contribution in [3.63, 3.8) is 0 Å². The average Bonchev–Trinajstić information content (AvgIpc) is 2.62. The molecule has 0 aliphatic carbocycles. The number of carbonyl (C=O) groups is 2. The molecule has 0 atom stereocenters. The lowest BCUT2D eigenvalue weighted by Gasteiger charge is -2.14. The molecule has 2 aromatic carbocycles. The van der Waals surface area contributed by atoms with Crippen LogP contribution in [-0.2, 0) is 16.0 Å². The van der Waals surface area contributed by atoms with Gasteiger partial charge in [-0.25, -0.2) is 0 Å². The fourth-order valence-electron chi connectivity index (χ4n) is 2.51. The van der Waals surface area contributed by atoms with Crippen LogP contribution in [0.5, 0.6) is 17.2 Å². The molecule has 2 rings (SSSR count). The van der Waals surface area contributed by atoms with Gasteiger partial charge in [-0.2, -0.15) is 0 Å². The van der Waals surface area contributed by atoms with Crippen LogP contribution in [0.25, 0.3) is 0 Å². The van der Waals surface area contributed by atoms with Gasteiger partial charge >= 0.3 is 0 Å². The van der Waals surface area contributed by atoms with E-state index in [-0.39, 0.29) is 18.2 Å². The largest absolute Gasteiger partial charge is 0.493 e. The highest BCUT2D eigenvalue weighted by molar-refractivity contribution is 6.34. The topological polar surface area (TPSA) is 85.9 Å². The molecule has 0 aromatic heterocycles. The smallest absolute Gasteiger partial charge is 0.228 e. The second-order valence-corrected chi connectivity index (χ2v) is 6.04. The first-order valence-electron chi connectivity index (χ1n) is 8.03. The van der Waals surface area contributed by atoms with Gasteiger partial charge in [0.1, 0.15) is 0 Å². The molecule has 2 amide bonds. The van der Waals surface area contributed by atoms with Gasteiger partial charge in [-0.1, -0.05) is 11.6 Å². The zero-order valence-electron chi connectivity index (χ0n) is 15.5. The highest BCUT2D eigenvalue weighted by atomic mass is 35.5. The molecule has 2 aromatic rings. The molecule has 8 heteroatoms. The normalized spacial score (nSPS) is 10.1. The summed E-state index contributed by atoms with van der Waals surface area (Å²) in [6.07, 6.45) is 0.0990. The molecule has 0 saturated carbocycles. The molecule has 0 bridgehead atoms. The van der Waals surface area contributed by atoms with E-state index in [0.717, 1.165) is 0 Å². The zero-order valence-corrected chi connectivity index (χ0v) is 16.3. The Bertz CT molecular complexity index is 829. The molecule has 0 spiro atoms. The summed E-state index contributed by atoms with van der Waals surface area (Å²) in [6, 6.07) is 8.28. The van der Waals surface area contributed by atoms with E-state index in [0.29, 0.717) is 39.2 Å². The highest BCUT2D eigenvalue weighted by Gasteiger charge is 2.15. The Labute approximate surface area is 162 Å². The van der Waals surface area contributed by atoms with Crippen molar-refractivity contribution in [3.05, 3.63) is 40.9 Å². The summed E-state index contributed by atoms with van der Waals surface area (Å²) in [5, 5.41) is 5.70. The fraction of sp³-hybridized carbons (Fsp3) is 0.263. The first-order valence-corrected chi connectivity index (χ1v) is 8.41. The van der Waals surface area contributed by atoms with Crippen molar-refractivity contribution in [2.24, 2.45) is 0 Å². The predicted molar refractivity (Wildman–Crippen MR) is 104 cm³/mol. The molecular formula is C19H21ClN2O5. The van der Waals surface area contributed by atoms with Crippen LogP contribution in [0.1, 0.15) is 12.5 Å². The van der Waals surface area contributed by atoms with Crippen molar-refractivity contribution in [2.45, 2.75) is 13.3 Å². The van der Waals surface area contributed by atoms with Crippen molar-refractivity contribution < 1.29 is 23.8 Å². The maximum atomic E-state index is 12.4. The van der Waals surface area contributed by atoms with Gasteiger partial charge < -0.3 is 24.8 Å². The Balaban J connectivity index is 2.14.